The predicted octanol–water partition coefficient (Wildman–Crippen LogP) is 3.31. The van der Waals surface area contributed by atoms with Crippen LogP contribution in [0.4, 0.5) is 0 Å². The minimum atomic E-state index is 0.201. The smallest absolute Gasteiger partial charge is 0.0935 e. The Balaban J connectivity index is 2.91. The lowest BCUT2D eigenvalue weighted by Crippen LogP contribution is -2.59. The first-order valence-electron chi connectivity index (χ1n) is 7.52. The van der Waals surface area contributed by atoms with Crippen LogP contribution in [-0.2, 0) is 6.42 Å². The molecule has 0 aliphatic rings. The summed E-state index contributed by atoms with van der Waals surface area (Å²) in [5, 5.41) is 3.75. The highest BCUT2D eigenvalue weighted by Gasteiger charge is 2.37. The molecule has 0 saturated heterocycles. The van der Waals surface area contributed by atoms with E-state index in [0.717, 1.165) is 25.8 Å². The second-order valence-corrected chi connectivity index (χ2v) is 5.55. The summed E-state index contributed by atoms with van der Waals surface area (Å²) >= 11 is 0. The van der Waals surface area contributed by atoms with Gasteiger partial charge in [-0.05, 0) is 58.0 Å². The zero-order chi connectivity index (χ0) is 14.3. The molecule has 0 fully saturated rings. The first kappa shape index (κ1) is 16.3. The number of hydrogen-bond acceptors (Lipinski definition) is 3. The number of nitrogens with zero attached hydrogens (tertiary/aromatic N) is 1. The van der Waals surface area contributed by atoms with Gasteiger partial charge in [0, 0.05) is 11.6 Å². The van der Waals surface area contributed by atoms with E-state index in [1.54, 1.807) is 6.26 Å². The SMILES string of the molecule is CCCNC(Cc1ccoc1)C(CC)(CC)N(C)C. The van der Waals surface area contributed by atoms with Crippen molar-refractivity contribution in [3.8, 4) is 0 Å². The lowest BCUT2D eigenvalue weighted by Gasteiger charge is -2.45. The third kappa shape index (κ3) is 3.83. The first-order valence-corrected chi connectivity index (χ1v) is 7.52. The first-order chi connectivity index (χ1) is 9.10. The van der Waals surface area contributed by atoms with Gasteiger partial charge in [0.15, 0.2) is 0 Å². The van der Waals surface area contributed by atoms with Crippen LogP contribution in [0, 0.1) is 0 Å². The molecule has 0 spiro atoms. The van der Waals surface area contributed by atoms with Gasteiger partial charge in [-0.25, -0.2) is 0 Å². The van der Waals surface area contributed by atoms with Gasteiger partial charge in [-0.15, -0.1) is 0 Å². The Morgan fingerprint density at radius 1 is 1.26 bits per heavy atom. The number of hydrogen-bond donors (Lipinski definition) is 1. The maximum absolute atomic E-state index is 5.22. The van der Waals surface area contributed by atoms with Crippen LogP contribution < -0.4 is 5.32 Å². The summed E-state index contributed by atoms with van der Waals surface area (Å²) in [6, 6.07) is 2.53. The maximum atomic E-state index is 5.22. The number of nitrogens with one attached hydrogen (secondary N) is 1. The molecule has 110 valence electrons. The van der Waals surface area contributed by atoms with Crippen molar-refractivity contribution in [1.82, 2.24) is 10.2 Å². The van der Waals surface area contributed by atoms with E-state index in [4.69, 9.17) is 4.42 Å². The molecule has 1 aromatic heterocycles. The van der Waals surface area contributed by atoms with Gasteiger partial charge in [0.25, 0.3) is 0 Å². The van der Waals surface area contributed by atoms with Gasteiger partial charge in [0.2, 0.25) is 0 Å². The Labute approximate surface area is 118 Å². The van der Waals surface area contributed by atoms with Crippen LogP contribution >= 0.6 is 0 Å². The Morgan fingerprint density at radius 3 is 2.37 bits per heavy atom. The maximum Gasteiger partial charge on any atom is 0.0935 e. The van der Waals surface area contributed by atoms with Gasteiger partial charge >= 0.3 is 0 Å². The van der Waals surface area contributed by atoms with Gasteiger partial charge < -0.3 is 14.6 Å². The second kappa shape index (κ2) is 7.71. The van der Waals surface area contributed by atoms with Crippen LogP contribution in [0.3, 0.4) is 0 Å². The standard InChI is InChI=1S/C16H30N2O/c1-6-10-17-15(12-14-9-11-19-13-14)16(7-2,8-3)18(4)5/h9,11,13,15,17H,6-8,10,12H2,1-5H3. The van der Waals surface area contributed by atoms with Gasteiger partial charge in [-0.1, -0.05) is 20.8 Å². The molecule has 1 atom stereocenters. The summed E-state index contributed by atoms with van der Waals surface area (Å²) in [6.07, 6.45) is 8.12. The Kier molecular flexibility index (Phi) is 6.59. The van der Waals surface area contributed by atoms with Gasteiger partial charge in [-0.2, -0.15) is 0 Å². The minimum absolute atomic E-state index is 0.201. The zero-order valence-corrected chi connectivity index (χ0v) is 13.2. The average molecular weight is 266 g/mol. The van der Waals surface area contributed by atoms with E-state index in [1.807, 2.05) is 6.26 Å². The van der Waals surface area contributed by atoms with E-state index in [1.165, 1.54) is 12.0 Å². The zero-order valence-electron chi connectivity index (χ0n) is 13.2. The Hall–Kier alpha value is -0.800. The summed E-state index contributed by atoms with van der Waals surface area (Å²) in [7, 11) is 4.39. The van der Waals surface area contributed by atoms with Crippen LogP contribution in [0.2, 0.25) is 0 Å². The van der Waals surface area contributed by atoms with Crippen LogP contribution in [0.25, 0.3) is 0 Å². The third-order valence-electron chi connectivity index (χ3n) is 4.42. The number of likely N-dealkylation sites (N-methyl/N-ethyl adjacent to an activating group) is 1. The summed E-state index contributed by atoms with van der Waals surface area (Å²) in [5.41, 5.74) is 1.48. The second-order valence-electron chi connectivity index (χ2n) is 5.55. The molecule has 0 amide bonds. The molecule has 0 saturated carbocycles. The summed E-state index contributed by atoms with van der Waals surface area (Å²) < 4.78 is 5.22. The van der Waals surface area contributed by atoms with E-state index >= 15 is 0 Å². The monoisotopic (exact) mass is 266 g/mol. The minimum Gasteiger partial charge on any atom is -0.472 e. The van der Waals surface area contributed by atoms with Crippen molar-refractivity contribution in [2.45, 2.75) is 58.0 Å². The molecule has 3 nitrogen and oxygen atoms in total. The van der Waals surface area contributed by atoms with Crippen molar-refractivity contribution in [1.29, 1.82) is 0 Å². The van der Waals surface area contributed by atoms with Gasteiger partial charge in [0.1, 0.15) is 0 Å². The molecule has 1 unspecified atom stereocenters. The summed E-state index contributed by atoms with van der Waals surface area (Å²) in [6.45, 7) is 7.87. The highest BCUT2D eigenvalue weighted by Crippen LogP contribution is 2.28. The largest absolute Gasteiger partial charge is 0.472 e. The quantitative estimate of drug-likeness (QED) is 0.743. The molecule has 1 rings (SSSR count). The topological polar surface area (TPSA) is 28.4 Å². The lowest BCUT2D eigenvalue weighted by atomic mass is 9.80. The third-order valence-corrected chi connectivity index (χ3v) is 4.42. The number of furan rings is 1. The molecule has 0 bridgehead atoms. The fraction of sp³-hybridized carbons (Fsp3) is 0.750. The van der Waals surface area contributed by atoms with Crippen LogP contribution in [0.15, 0.2) is 23.0 Å². The van der Waals surface area contributed by atoms with E-state index in [2.05, 4.69) is 51.1 Å². The van der Waals surface area contributed by atoms with E-state index in [0.29, 0.717) is 6.04 Å². The normalized spacial score (nSPS) is 14.0. The van der Waals surface area contributed by atoms with E-state index in [-0.39, 0.29) is 5.54 Å². The molecular weight excluding hydrogens is 236 g/mol. The highest BCUT2D eigenvalue weighted by atomic mass is 16.3. The molecule has 0 aromatic carbocycles. The molecule has 3 heteroatoms. The molecule has 1 aromatic rings. The Bertz CT molecular complexity index is 329. The highest BCUT2D eigenvalue weighted by molar-refractivity contribution is 5.11. The van der Waals surface area contributed by atoms with Crippen molar-refractivity contribution in [2.75, 3.05) is 20.6 Å². The molecular formula is C16H30N2O. The summed E-state index contributed by atoms with van der Waals surface area (Å²) in [4.78, 5) is 2.39. The lowest BCUT2D eigenvalue weighted by molar-refractivity contribution is 0.0881. The van der Waals surface area contributed by atoms with Gasteiger partial charge in [0.05, 0.1) is 12.5 Å². The van der Waals surface area contributed by atoms with E-state index < -0.39 is 0 Å². The van der Waals surface area contributed by atoms with Crippen molar-refractivity contribution in [2.24, 2.45) is 0 Å². The van der Waals surface area contributed by atoms with Crippen molar-refractivity contribution >= 4 is 0 Å². The number of rotatable bonds is 9. The predicted molar refractivity (Wildman–Crippen MR) is 81.5 cm³/mol. The van der Waals surface area contributed by atoms with Crippen LogP contribution in [-0.4, -0.2) is 37.1 Å². The molecule has 1 heterocycles. The molecule has 0 aliphatic carbocycles. The fourth-order valence-electron chi connectivity index (χ4n) is 3.10. The molecule has 0 aliphatic heterocycles. The van der Waals surface area contributed by atoms with Crippen molar-refractivity contribution in [3.63, 3.8) is 0 Å². The fourth-order valence-corrected chi connectivity index (χ4v) is 3.10. The summed E-state index contributed by atoms with van der Waals surface area (Å²) in [5.74, 6) is 0. The average Bonchev–Trinajstić information content (AvgIpc) is 2.90. The van der Waals surface area contributed by atoms with E-state index in [9.17, 15) is 0 Å². The van der Waals surface area contributed by atoms with Crippen molar-refractivity contribution < 1.29 is 4.42 Å². The van der Waals surface area contributed by atoms with Crippen LogP contribution in [0.5, 0.6) is 0 Å². The van der Waals surface area contributed by atoms with Crippen LogP contribution in [0.1, 0.15) is 45.6 Å². The molecule has 0 radical (unpaired) electrons. The molecule has 1 N–H and O–H groups in total. The molecule has 19 heavy (non-hydrogen) atoms. The van der Waals surface area contributed by atoms with Crippen molar-refractivity contribution in [3.05, 3.63) is 24.2 Å². The Morgan fingerprint density at radius 2 is 1.95 bits per heavy atom. The van der Waals surface area contributed by atoms with Gasteiger partial charge in [-0.3, -0.25) is 0 Å².